The molecule has 2 fully saturated rings. The fourth-order valence-electron chi connectivity index (χ4n) is 8.44. The molecule has 3 heterocycles. The van der Waals surface area contributed by atoms with Gasteiger partial charge in [-0.25, -0.2) is 13.1 Å². The number of ether oxygens (including phenoxy) is 4. The molecule has 3 aliphatic heterocycles. The monoisotopic (exact) mass is 684 g/mol. The third-order valence-corrected chi connectivity index (χ3v) is 13.2. The fourth-order valence-corrected chi connectivity index (χ4v) is 10.3. The molecule has 5 aliphatic rings. The first-order chi connectivity index (χ1) is 22.8. The Kier molecular flexibility index (Phi) is 9.59. The van der Waals surface area contributed by atoms with E-state index >= 15 is 0 Å². The number of amides is 1. The van der Waals surface area contributed by atoms with Crippen LogP contribution < -0.4 is 14.4 Å². The van der Waals surface area contributed by atoms with E-state index in [2.05, 4.69) is 33.9 Å². The van der Waals surface area contributed by atoms with Crippen molar-refractivity contribution < 1.29 is 32.2 Å². The van der Waals surface area contributed by atoms with Crippen LogP contribution in [0.3, 0.4) is 0 Å². The molecule has 1 amide bonds. The zero-order valence-electron chi connectivity index (χ0n) is 27.0. The summed E-state index contributed by atoms with van der Waals surface area (Å²) in [6.45, 7) is 3.65. The summed E-state index contributed by atoms with van der Waals surface area (Å²) in [5, 5.41) is 0.00802. The molecular weight excluding hydrogens is 640 g/mol. The Balaban J connectivity index is 1.29. The molecule has 1 saturated heterocycles. The van der Waals surface area contributed by atoms with Gasteiger partial charge >= 0.3 is 0 Å². The van der Waals surface area contributed by atoms with Gasteiger partial charge in [-0.3, -0.25) is 4.79 Å². The van der Waals surface area contributed by atoms with Gasteiger partial charge in [0.05, 0.1) is 43.5 Å². The van der Waals surface area contributed by atoms with Crippen molar-refractivity contribution in [1.29, 1.82) is 0 Å². The Labute approximate surface area is 283 Å². The average Bonchev–Trinajstić information content (AvgIpc) is 3.19. The molecule has 1 saturated carbocycles. The SMILES string of the molecule is COCCO[C@H]1/C=C/C[C@H]2COCC[C@@H]2S(=O)(=O)NC(=O)c2ccc3c(c2)N(C[C@@H]2CC[C@H]21)C[C@@]1(CCCc2cc(Cl)ccc21)CO3. The van der Waals surface area contributed by atoms with Gasteiger partial charge in [0.25, 0.3) is 5.91 Å². The topological polar surface area (TPSA) is 103 Å². The Morgan fingerprint density at radius 2 is 2.00 bits per heavy atom. The van der Waals surface area contributed by atoms with Crippen molar-refractivity contribution in [2.24, 2.45) is 17.8 Å². The van der Waals surface area contributed by atoms with Crippen molar-refractivity contribution in [3.8, 4) is 5.75 Å². The molecule has 0 aromatic heterocycles. The number of benzene rings is 2. The smallest absolute Gasteiger partial charge is 0.264 e. The van der Waals surface area contributed by atoms with E-state index in [1.807, 2.05) is 18.2 Å². The third kappa shape index (κ3) is 6.69. The van der Waals surface area contributed by atoms with Crippen LogP contribution >= 0.6 is 11.6 Å². The molecule has 254 valence electrons. The Morgan fingerprint density at radius 3 is 2.83 bits per heavy atom. The van der Waals surface area contributed by atoms with Crippen molar-refractivity contribution in [3.05, 3.63) is 70.3 Å². The molecule has 6 atom stereocenters. The normalized spacial score (nSPS) is 32.4. The number of halogens is 1. The Bertz CT molecular complexity index is 1620. The summed E-state index contributed by atoms with van der Waals surface area (Å²) in [7, 11) is -2.29. The minimum absolute atomic E-state index is 0.114. The first-order valence-electron chi connectivity index (χ1n) is 17.0. The van der Waals surface area contributed by atoms with Crippen molar-refractivity contribution in [3.63, 3.8) is 0 Å². The highest BCUT2D eigenvalue weighted by Gasteiger charge is 2.45. The van der Waals surface area contributed by atoms with Gasteiger partial charge in [-0.15, -0.1) is 0 Å². The number of fused-ring (bicyclic) bond motifs is 5. The summed E-state index contributed by atoms with van der Waals surface area (Å²) in [5.74, 6) is 0.475. The number of carbonyl (C=O) groups excluding carboxylic acids is 1. The molecule has 11 heteroatoms. The summed E-state index contributed by atoms with van der Waals surface area (Å²) in [5.41, 5.74) is 3.41. The molecule has 9 nitrogen and oxygen atoms in total. The number of allylic oxidation sites excluding steroid dienone is 1. The summed E-state index contributed by atoms with van der Waals surface area (Å²) < 4.78 is 53.8. The lowest BCUT2D eigenvalue weighted by atomic mass is 9.68. The number of sulfonamides is 1. The largest absolute Gasteiger partial charge is 0.490 e. The van der Waals surface area contributed by atoms with E-state index in [9.17, 15) is 13.2 Å². The van der Waals surface area contributed by atoms with Crippen LogP contribution in [0.5, 0.6) is 5.75 Å². The highest BCUT2D eigenvalue weighted by molar-refractivity contribution is 7.90. The van der Waals surface area contributed by atoms with Crippen LogP contribution in [0.2, 0.25) is 5.02 Å². The number of rotatable bonds is 4. The predicted octanol–water partition coefficient (Wildman–Crippen LogP) is 5.30. The first kappa shape index (κ1) is 32.9. The Hall–Kier alpha value is -2.63. The maximum atomic E-state index is 13.7. The van der Waals surface area contributed by atoms with Gasteiger partial charge in [0.15, 0.2) is 0 Å². The minimum atomic E-state index is -3.97. The second-order valence-electron chi connectivity index (χ2n) is 13.9. The molecule has 2 bridgehead atoms. The van der Waals surface area contributed by atoms with Gasteiger partial charge in [-0.05, 0) is 98.2 Å². The third-order valence-electron chi connectivity index (χ3n) is 11.1. The van der Waals surface area contributed by atoms with Gasteiger partial charge in [-0.2, -0.15) is 0 Å². The highest BCUT2D eigenvalue weighted by Crippen LogP contribution is 2.47. The summed E-state index contributed by atoms with van der Waals surface area (Å²) >= 11 is 6.44. The van der Waals surface area contributed by atoms with Crippen LogP contribution in [0.15, 0.2) is 48.6 Å². The number of hydrogen-bond acceptors (Lipinski definition) is 8. The van der Waals surface area contributed by atoms with E-state index < -0.39 is 21.2 Å². The van der Waals surface area contributed by atoms with Crippen molar-refractivity contribution >= 4 is 33.2 Å². The van der Waals surface area contributed by atoms with Crippen molar-refractivity contribution in [2.45, 2.75) is 61.7 Å². The van der Waals surface area contributed by atoms with Crippen LogP contribution in [0.25, 0.3) is 0 Å². The highest BCUT2D eigenvalue weighted by atomic mass is 35.5. The number of methoxy groups -OCH3 is 1. The fraction of sp³-hybridized carbons (Fsp3) is 0.583. The molecule has 47 heavy (non-hydrogen) atoms. The minimum Gasteiger partial charge on any atom is -0.490 e. The van der Waals surface area contributed by atoms with Gasteiger partial charge in [0, 0.05) is 48.7 Å². The molecular formula is C36H45ClN2O7S. The van der Waals surface area contributed by atoms with E-state index in [0.717, 1.165) is 55.9 Å². The summed E-state index contributed by atoms with van der Waals surface area (Å²) in [6.07, 6.45) is 10.0. The maximum absolute atomic E-state index is 13.7. The average molecular weight is 685 g/mol. The summed E-state index contributed by atoms with van der Waals surface area (Å²) in [4.78, 5) is 16.0. The summed E-state index contributed by atoms with van der Waals surface area (Å²) in [6, 6.07) is 11.5. The second kappa shape index (κ2) is 13.7. The zero-order valence-corrected chi connectivity index (χ0v) is 28.6. The molecule has 2 aliphatic carbocycles. The lowest BCUT2D eigenvalue weighted by Gasteiger charge is -2.46. The quantitative estimate of drug-likeness (QED) is 0.342. The van der Waals surface area contributed by atoms with Crippen molar-refractivity contribution in [2.75, 3.05) is 58.1 Å². The van der Waals surface area contributed by atoms with E-state index in [-0.39, 0.29) is 17.4 Å². The van der Waals surface area contributed by atoms with Gasteiger partial charge < -0.3 is 23.8 Å². The number of carbonyl (C=O) groups is 1. The van der Waals surface area contributed by atoms with Gasteiger partial charge in [0.2, 0.25) is 10.0 Å². The predicted molar refractivity (Wildman–Crippen MR) is 181 cm³/mol. The van der Waals surface area contributed by atoms with E-state index in [1.54, 1.807) is 13.2 Å². The number of aryl methyl sites for hydroxylation is 1. The maximum Gasteiger partial charge on any atom is 0.264 e. The molecule has 1 spiro atoms. The van der Waals surface area contributed by atoms with Gasteiger partial charge in [0.1, 0.15) is 5.75 Å². The van der Waals surface area contributed by atoms with Gasteiger partial charge in [-0.1, -0.05) is 29.8 Å². The zero-order chi connectivity index (χ0) is 32.6. The van der Waals surface area contributed by atoms with E-state index in [0.29, 0.717) is 69.0 Å². The Morgan fingerprint density at radius 1 is 1.11 bits per heavy atom. The number of hydrogen-bond donors (Lipinski definition) is 1. The number of nitrogens with one attached hydrogen (secondary N) is 1. The molecule has 1 N–H and O–H groups in total. The second-order valence-corrected chi connectivity index (χ2v) is 16.3. The van der Waals surface area contributed by atoms with Crippen LogP contribution in [0.4, 0.5) is 5.69 Å². The molecule has 2 aromatic rings. The van der Waals surface area contributed by atoms with Crippen LogP contribution in [0.1, 0.15) is 60.0 Å². The number of anilines is 1. The van der Waals surface area contributed by atoms with Crippen LogP contribution in [-0.2, 0) is 36.1 Å². The standard InChI is InChI=1S/C36H45ClN2O7S/c1-43-16-17-45-32-6-2-4-27-21-44-15-13-34(27)47(41,42)38-35(40)25-8-12-33-31(19-25)39(20-26-7-10-29(26)32)22-36(23-46-33)14-3-5-24-18-28(37)9-11-30(24)36/h2,6,8-9,11-12,18-19,26-27,29,32,34H,3-5,7,10,13-17,20-23H2,1H3,(H,38,40)/b6-2+/t26-,27-,29+,32-,34-,36-/m0/s1. The molecule has 0 unspecified atom stereocenters. The van der Waals surface area contributed by atoms with E-state index in [1.165, 1.54) is 11.1 Å². The molecule has 0 radical (unpaired) electrons. The number of nitrogens with zero attached hydrogens (tertiary/aromatic N) is 1. The lowest BCUT2D eigenvalue weighted by Crippen LogP contribution is -2.50. The van der Waals surface area contributed by atoms with Crippen molar-refractivity contribution in [1.82, 2.24) is 4.72 Å². The van der Waals surface area contributed by atoms with Crippen LogP contribution in [0, 0.1) is 17.8 Å². The first-order valence-corrected chi connectivity index (χ1v) is 18.9. The van der Waals surface area contributed by atoms with E-state index in [4.69, 9.17) is 30.5 Å². The molecule has 2 aromatic carbocycles. The van der Waals surface area contributed by atoms with Crippen LogP contribution in [-0.4, -0.2) is 78.9 Å². The molecule has 7 rings (SSSR count). The lowest BCUT2D eigenvalue weighted by molar-refractivity contribution is -0.0310.